The van der Waals surface area contributed by atoms with Gasteiger partial charge in [0.2, 0.25) is 0 Å². The zero-order chi connectivity index (χ0) is 19.8. The summed E-state index contributed by atoms with van der Waals surface area (Å²) in [7, 11) is 0. The lowest BCUT2D eigenvalue weighted by Crippen LogP contribution is -2.17. The molecule has 27 heavy (non-hydrogen) atoms. The molecule has 3 aromatic rings. The number of anilines is 1. The minimum Gasteiger partial charge on any atom is -0.435 e. The quantitative estimate of drug-likeness (QED) is 0.588. The molecule has 0 saturated heterocycles. The third kappa shape index (κ3) is 4.16. The van der Waals surface area contributed by atoms with E-state index in [0.29, 0.717) is 22.1 Å². The molecule has 0 aliphatic heterocycles. The van der Waals surface area contributed by atoms with Crippen molar-refractivity contribution in [1.29, 1.82) is 0 Å². The van der Waals surface area contributed by atoms with Crippen LogP contribution in [0.25, 0.3) is 10.8 Å². The molecule has 0 saturated carbocycles. The zero-order valence-corrected chi connectivity index (χ0v) is 14.4. The molecule has 0 fully saturated rings. The first-order valence-electron chi connectivity index (χ1n) is 7.48. The van der Waals surface area contributed by atoms with E-state index in [1.165, 1.54) is 31.2 Å². The molecule has 1 amide bonds. The first kappa shape index (κ1) is 19.0. The molecule has 1 heterocycles. The Morgan fingerprint density at radius 2 is 1.96 bits per heavy atom. The average Bonchev–Trinajstić information content (AvgIpc) is 2.97. The van der Waals surface area contributed by atoms with E-state index < -0.39 is 29.3 Å². The highest BCUT2D eigenvalue weighted by Gasteiger charge is 2.39. The van der Waals surface area contributed by atoms with Crippen LogP contribution in [0.15, 0.2) is 36.4 Å². The van der Waals surface area contributed by atoms with Crippen molar-refractivity contribution in [3.05, 3.63) is 52.0 Å². The van der Waals surface area contributed by atoms with Gasteiger partial charge < -0.3 is 10.1 Å². The van der Waals surface area contributed by atoms with Gasteiger partial charge in [-0.25, -0.2) is 4.98 Å². The van der Waals surface area contributed by atoms with Crippen LogP contribution in [0.2, 0.25) is 0 Å². The first-order valence-corrected chi connectivity index (χ1v) is 8.30. The molecule has 0 aliphatic rings. The Morgan fingerprint density at radius 1 is 1.22 bits per heavy atom. The van der Waals surface area contributed by atoms with Gasteiger partial charge in [-0.05, 0) is 30.5 Å². The number of ether oxygens (including phenoxy) is 1. The van der Waals surface area contributed by atoms with Crippen molar-refractivity contribution < 1.29 is 31.5 Å². The third-order valence-corrected chi connectivity index (χ3v) is 4.51. The molecule has 4 nitrogen and oxygen atoms in total. The second kappa shape index (κ2) is 7.10. The minimum atomic E-state index is -4.77. The number of rotatable bonds is 4. The summed E-state index contributed by atoms with van der Waals surface area (Å²) < 4.78 is 68.3. The number of thiazole rings is 1. The van der Waals surface area contributed by atoms with Crippen LogP contribution in [0.4, 0.5) is 27.6 Å². The molecule has 0 unspecified atom stereocenters. The number of hydrogen-bond donors (Lipinski definition) is 1. The summed E-state index contributed by atoms with van der Waals surface area (Å²) in [6, 6.07) is 8.80. The Kier molecular flexibility index (Phi) is 5.01. The van der Waals surface area contributed by atoms with Gasteiger partial charge in [-0.2, -0.15) is 22.0 Å². The normalized spacial score (nSPS) is 11.8. The Morgan fingerprint density at radius 3 is 2.63 bits per heavy atom. The number of nitrogens with one attached hydrogen (secondary N) is 1. The van der Waals surface area contributed by atoms with E-state index in [2.05, 4.69) is 15.0 Å². The summed E-state index contributed by atoms with van der Waals surface area (Å²) in [5.41, 5.74) is -1.10. The smallest absolute Gasteiger partial charge is 0.435 e. The summed E-state index contributed by atoms with van der Waals surface area (Å²) in [4.78, 5) is 15.2. The monoisotopic (exact) mass is 402 g/mol. The number of amides is 1. The fourth-order valence-electron chi connectivity index (χ4n) is 2.49. The Labute approximate surface area is 153 Å². The van der Waals surface area contributed by atoms with Crippen LogP contribution in [-0.4, -0.2) is 17.5 Å². The number of nitrogens with zero attached hydrogens (tertiary/aromatic N) is 1. The zero-order valence-electron chi connectivity index (χ0n) is 13.6. The van der Waals surface area contributed by atoms with Crippen molar-refractivity contribution in [3.8, 4) is 5.75 Å². The van der Waals surface area contributed by atoms with E-state index in [1.807, 2.05) is 0 Å². The highest BCUT2D eigenvalue weighted by atomic mass is 32.1. The number of carbonyl (C=O) groups excluding carboxylic acids is 1. The van der Waals surface area contributed by atoms with E-state index in [4.69, 9.17) is 0 Å². The second-order valence-electron chi connectivity index (χ2n) is 5.43. The summed E-state index contributed by atoms with van der Waals surface area (Å²) >= 11 is 0.619. The summed E-state index contributed by atoms with van der Waals surface area (Å²) in [6.07, 6.45) is -4.77. The molecule has 0 spiro atoms. The largest absolute Gasteiger partial charge is 0.435 e. The Bertz CT molecular complexity index is 1000. The maximum absolute atomic E-state index is 13.1. The molecule has 142 valence electrons. The number of aromatic nitrogens is 1. The fraction of sp³-hybridized carbons (Fsp3) is 0.176. The van der Waals surface area contributed by atoms with Crippen LogP contribution < -0.4 is 10.1 Å². The molecular formula is C17H11F5N2O2S. The van der Waals surface area contributed by atoms with E-state index in [9.17, 15) is 26.7 Å². The van der Waals surface area contributed by atoms with Gasteiger partial charge in [0.05, 0.1) is 5.01 Å². The number of aryl methyl sites for hydroxylation is 1. The molecule has 0 radical (unpaired) electrons. The van der Waals surface area contributed by atoms with E-state index in [0.717, 1.165) is 0 Å². The number of alkyl halides is 5. The molecule has 0 aliphatic carbocycles. The van der Waals surface area contributed by atoms with Gasteiger partial charge in [-0.15, -0.1) is 11.3 Å². The lowest BCUT2D eigenvalue weighted by Gasteiger charge is -2.11. The molecule has 1 aromatic heterocycles. The van der Waals surface area contributed by atoms with Gasteiger partial charge in [0.25, 0.3) is 5.91 Å². The SMILES string of the molecule is Cc1nc(C(F)(F)F)c(C(=O)Nc2cccc3ccc(OC(F)F)cc23)s1. The van der Waals surface area contributed by atoms with Crippen molar-refractivity contribution in [2.45, 2.75) is 19.7 Å². The molecule has 0 bridgehead atoms. The van der Waals surface area contributed by atoms with Gasteiger partial charge in [0, 0.05) is 11.1 Å². The number of benzene rings is 2. The van der Waals surface area contributed by atoms with Gasteiger partial charge in [-0.3, -0.25) is 4.79 Å². The minimum absolute atomic E-state index is 0.0954. The number of hydrogen-bond acceptors (Lipinski definition) is 4. The summed E-state index contributed by atoms with van der Waals surface area (Å²) in [5.74, 6) is -1.12. The average molecular weight is 402 g/mol. The van der Waals surface area contributed by atoms with Crippen LogP contribution in [0.1, 0.15) is 20.4 Å². The maximum atomic E-state index is 13.1. The summed E-state index contributed by atoms with van der Waals surface area (Å²) in [6.45, 7) is -1.67. The lowest BCUT2D eigenvalue weighted by molar-refractivity contribution is -0.141. The van der Waals surface area contributed by atoms with E-state index >= 15 is 0 Å². The maximum Gasteiger partial charge on any atom is 0.435 e. The van der Waals surface area contributed by atoms with Crippen LogP contribution in [0, 0.1) is 6.92 Å². The Hall–Kier alpha value is -2.75. The van der Waals surface area contributed by atoms with Crippen LogP contribution in [0.5, 0.6) is 5.75 Å². The van der Waals surface area contributed by atoms with Crippen LogP contribution >= 0.6 is 11.3 Å². The number of halogens is 5. The van der Waals surface area contributed by atoms with E-state index in [1.54, 1.807) is 12.1 Å². The summed E-state index contributed by atoms with van der Waals surface area (Å²) in [5, 5.41) is 3.43. The van der Waals surface area contributed by atoms with Crippen LogP contribution in [0.3, 0.4) is 0 Å². The van der Waals surface area contributed by atoms with Crippen molar-refractivity contribution in [2.75, 3.05) is 5.32 Å². The van der Waals surface area contributed by atoms with Gasteiger partial charge in [0.15, 0.2) is 5.69 Å². The van der Waals surface area contributed by atoms with Crippen molar-refractivity contribution >= 4 is 33.7 Å². The molecule has 2 aromatic carbocycles. The molecular weight excluding hydrogens is 391 g/mol. The molecule has 0 atom stereocenters. The standard InChI is InChI=1S/C17H11F5N2O2S/c1-8-23-14(17(20,21)22)13(27-8)15(25)24-12-4-2-3-9-5-6-10(7-11(9)12)26-16(18)19/h2-7,16H,1H3,(H,24,25). The fourth-order valence-corrected chi connectivity index (χ4v) is 3.32. The first-order chi connectivity index (χ1) is 12.6. The van der Waals surface area contributed by atoms with Gasteiger partial charge in [0.1, 0.15) is 10.6 Å². The van der Waals surface area contributed by atoms with Gasteiger partial charge >= 0.3 is 12.8 Å². The lowest BCUT2D eigenvalue weighted by atomic mass is 10.1. The predicted molar refractivity (Wildman–Crippen MR) is 90.4 cm³/mol. The topological polar surface area (TPSA) is 51.2 Å². The van der Waals surface area contributed by atoms with Crippen LogP contribution in [-0.2, 0) is 6.18 Å². The van der Waals surface area contributed by atoms with Gasteiger partial charge in [-0.1, -0.05) is 18.2 Å². The van der Waals surface area contributed by atoms with E-state index in [-0.39, 0.29) is 16.4 Å². The predicted octanol–water partition coefficient (Wildman–Crippen LogP) is 5.48. The molecule has 10 heteroatoms. The second-order valence-corrected chi connectivity index (χ2v) is 6.63. The molecule has 3 rings (SSSR count). The highest BCUT2D eigenvalue weighted by Crippen LogP contribution is 2.35. The van der Waals surface area contributed by atoms with Crippen molar-refractivity contribution in [1.82, 2.24) is 4.98 Å². The molecule has 1 N–H and O–H groups in total. The number of carbonyl (C=O) groups is 1. The number of fused-ring (bicyclic) bond motifs is 1. The highest BCUT2D eigenvalue weighted by molar-refractivity contribution is 7.13. The Balaban J connectivity index is 1.98. The van der Waals surface area contributed by atoms with Crippen molar-refractivity contribution in [2.24, 2.45) is 0 Å². The van der Waals surface area contributed by atoms with Crippen molar-refractivity contribution in [3.63, 3.8) is 0 Å². The third-order valence-electron chi connectivity index (χ3n) is 3.54.